The second kappa shape index (κ2) is 9.41. The topological polar surface area (TPSA) is 12.0 Å². The van der Waals surface area contributed by atoms with Gasteiger partial charge in [0.2, 0.25) is 11.6 Å². The summed E-state index contributed by atoms with van der Waals surface area (Å²) in [5.74, 6) is -26.6. The van der Waals surface area contributed by atoms with Crippen LogP contribution in [0.1, 0.15) is 0 Å². The first-order chi connectivity index (χ1) is 14.4. The Labute approximate surface area is 165 Å². The molecule has 0 saturated carbocycles. The van der Waals surface area contributed by atoms with Crippen molar-refractivity contribution in [1.29, 1.82) is 0 Å². The Morgan fingerprint density at radius 2 is 0.656 bits per heavy atom. The Balaban J connectivity index is 0.000000433. The number of halogens is 16. The standard InChI is InChI=1S/C12F10.C3H3F6N/c13-3-1(4(14)8(18)11(21)7(3)17)2-5(15)9(19)12(22)10(20)6(2)16;4-1-10-3(8,9)2(5,6)7/h;10H,1H2. The highest BCUT2D eigenvalue weighted by Gasteiger charge is 2.57. The van der Waals surface area contributed by atoms with Gasteiger partial charge < -0.3 is 0 Å². The van der Waals surface area contributed by atoms with Crippen molar-refractivity contribution in [2.75, 3.05) is 6.80 Å². The summed E-state index contributed by atoms with van der Waals surface area (Å²) >= 11 is 0. The summed E-state index contributed by atoms with van der Waals surface area (Å²) in [5, 5.41) is 0.337. The maximum Gasteiger partial charge on any atom is 0.469 e. The van der Waals surface area contributed by atoms with E-state index in [-0.39, 0.29) is 0 Å². The molecule has 2 aromatic carbocycles. The van der Waals surface area contributed by atoms with E-state index in [1.54, 1.807) is 0 Å². The summed E-state index contributed by atoms with van der Waals surface area (Å²) in [7, 11) is 0. The quantitative estimate of drug-likeness (QED) is 0.222. The van der Waals surface area contributed by atoms with E-state index in [9.17, 15) is 70.2 Å². The molecule has 17 heteroatoms. The fourth-order valence-corrected chi connectivity index (χ4v) is 1.83. The van der Waals surface area contributed by atoms with Gasteiger partial charge in [-0.3, -0.25) is 0 Å². The van der Waals surface area contributed by atoms with Crippen molar-refractivity contribution >= 4 is 0 Å². The van der Waals surface area contributed by atoms with Crippen molar-refractivity contribution < 1.29 is 70.2 Å². The van der Waals surface area contributed by atoms with Crippen LogP contribution >= 0.6 is 0 Å². The van der Waals surface area contributed by atoms with Crippen LogP contribution < -0.4 is 5.32 Å². The number of hydrogen-bond acceptors (Lipinski definition) is 1. The maximum atomic E-state index is 13.4. The van der Waals surface area contributed by atoms with Crippen molar-refractivity contribution in [3.8, 4) is 11.1 Å². The molecular formula is C15H3F16N. The van der Waals surface area contributed by atoms with Gasteiger partial charge in [-0.15, -0.1) is 0 Å². The lowest BCUT2D eigenvalue weighted by molar-refractivity contribution is -0.297. The van der Waals surface area contributed by atoms with Crippen LogP contribution in [0.2, 0.25) is 0 Å². The summed E-state index contributed by atoms with van der Waals surface area (Å²) in [6.45, 7) is -1.92. The molecule has 2 rings (SSSR count). The Morgan fingerprint density at radius 1 is 0.438 bits per heavy atom. The molecule has 0 amide bonds. The van der Waals surface area contributed by atoms with Crippen molar-refractivity contribution in [3.05, 3.63) is 58.2 Å². The molecular weight excluding hydrogens is 498 g/mol. The Bertz CT molecular complexity index is 886. The van der Waals surface area contributed by atoms with Gasteiger partial charge in [0.05, 0.1) is 11.1 Å². The minimum atomic E-state index is -5.74. The van der Waals surface area contributed by atoms with Crippen molar-refractivity contribution in [3.63, 3.8) is 0 Å². The zero-order chi connectivity index (χ0) is 25.3. The lowest BCUT2D eigenvalue weighted by atomic mass is 10.0. The van der Waals surface area contributed by atoms with Gasteiger partial charge in [0.15, 0.2) is 46.5 Å². The van der Waals surface area contributed by atoms with Crippen LogP contribution in [0.5, 0.6) is 0 Å². The fourth-order valence-electron chi connectivity index (χ4n) is 1.83. The highest BCUT2D eigenvalue weighted by molar-refractivity contribution is 5.67. The average molecular weight is 501 g/mol. The normalized spacial score (nSPS) is 12.0. The largest absolute Gasteiger partial charge is 0.469 e. The number of alkyl halides is 6. The number of nitrogens with one attached hydrogen (secondary N) is 1. The van der Waals surface area contributed by atoms with Gasteiger partial charge in [0.1, 0.15) is 6.80 Å². The molecule has 0 aromatic heterocycles. The molecule has 2 aromatic rings. The van der Waals surface area contributed by atoms with Gasteiger partial charge in [-0.25, -0.2) is 53.6 Å². The van der Waals surface area contributed by atoms with Gasteiger partial charge in [0.25, 0.3) is 0 Å². The minimum absolute atomic E-state index is 0.337. The third-order valence-corrected chi connectivity index (χ3v) is 3.31. The highest BCUT2D eigenvalue weighted by Crippen LogP contribution is 2.37. The molecule has 0 aliphatic heterocycles. The second-order valence-electron chi connectivity index (χ2n) is 5.27. The van der Waals surface area contributed by atoms with Crippen molar-refractivity contribution in [2.24, 2.45) is 0 Å². The van der Waals surface area contributed by atoms with E-state index in [4.69, 9.17) is 0 Å². The zero-order valence-corrected chi connectivity index (χ0v) is 14.3. The molecule has 0 spiro atoms. The first-order valence-electron chi connectivity index (χ1n) is 7.21. The molecule has 1 N–H and O–H groups in total. The van der Waals surface area contributed by atoms with Crippen LogP contribution in [-0.2, 0) is 0 Å². The molecule has 1 nitrogen and oxygen atoms in total. The van der Waals surface area contributed by atoms with E-state index in [2.05, 4.69) is 0 Å². The molecule has 0 saturated heterocycles. The van der Waals surface area contributed by atoms with Gasteiger partial charge in [-0.1, -0.05) is 0 Å². The Morgan fingerprint density at radius 3 is 0.812 bits per heavy atom. The first-order valence-corrected chi connectivity index (χ1v) is 7.21. The predicted octanol–water partition coefficient (Wildman–Crippen LogP) is 6.40. The van der Waals surface area contributed by atoms with E-state index >= 15 is 0 Å². The molecule has 0 fully saturated rings. The van der Waals surface area contributed by atoms with Gasteiger partial charge in [0, 0.05) is 0 Å². The van der Waals surface area contributed by atoms with Crippen LogP contribution in [0.3, 0.4) is 0 Å². The van der Waals surface area contributed by atoms with E-state index < -0.39 is 88.3 Å². The summed E-state index contributed by atoms with van der Waals surface area (Å²) < 4.78 is 198. The second-order valence-corrected chi connectivity index (χ2v) is 5.27. The molecule has 0 heterocycles. The molecule has 0 aliphatic rings. The van der Waals surface area contributed by atoms with E-state index in [0.29, 0.717) is 5.32 Å². The maximum absolute atomic E-state index is 13.4. The summed E-state index contributed by atoms with van der Waals surface area (Å²) in [4.78, 5) is 0. The van der Waals surface area contributed by atoms with Crippen LogP contribution in [0.15, 0.2) is 0 Å². The van der Waals surface area contributed by atoms with Crippen LogP contribution in [0, 0.1) is 58.2 Å². The van der Waals surface area contributed by atoms with Gasteiger partial charge in [-0.05, 0) is 0 Å². The molecule has 0 radical (unpaired) electrons. The molecule has 0 bridgehead atoms. The van der Waals surface area contributed by atoms with Crippen LogP contribution in [0.25, 0.3) is 11.1 Å². The highest BCUT2D eigenvalue weighted by atomic mass is 19.4. The monoisotopic (exact) mass is 501 g/mol. The number of hydrogen-bond donors (Lipinski definition) is 1. The lowest BCUT2D eigenvalue weighted by Gasteiger charge is -2.18. The van der Waals surface area contributed by atoms with Crippen LogP contribution in [-0.4, -0.2) is 19.0 Å². The first kappa shape index (κ1) is 27.3. The Kier molecular flexibility index (Phi) is 8.04. The molecule has 0 atom stereocenters. The van der Waals surface area contributed by atoms with Gasteiger partial charge in [-0.2, -0.15) is 22.0 Å². The van der Waals surface area contributed by atoms with Gasteiger partial charge >= 0.3 is 12.2 Å². The summed E-state index contributed by atoms with van der Waals surface area (Å²) in [5.41, 5.74) is -4.52. The Hall–Kier alpha value is -2.72. The fraction of sp³-hybridized carbons (Fsp3) is 0.200. The number of benzene rings is 2. The average Bonchev–Trinajstić information content (AvgIpc) is 2.70. The summed E-state index contributed by atoms with van der Waals surface area (Å²) in [6, 6.07) is -5.14. The van der Waals surface area contributed by atoms with E-state index in [0.717, 1.165) is 0 Å². The predicted molar refractivity (Wildman–Crippen MR) is 71.6 cm³/mol. The van der Waals surface area contributed by atoms with Crippen molar-refractivity contribution in [2.45, 2.75) is 12.2 Å². The van der Waals surface area contributed by atoms with E-state index in [1.807, 2.05) is 0 Å². The van der Waals surface area contributed by atoms with E-state index in [1.165, 1.54) is 0 Å². The third kappa shape index (κ3) is 4.86. The molecule has 0 unspecified atom stereocenters. The molecule has 32 heavy (non-hydrogen) atoms. The van der Waals surface area contributed by atoms with Crippen LogP contribution in [0.4, 0.5) is 70.2 Å². The SMILES string of the molecule is FCNC(F)(F)C(F)(F)F.Fc1c(F)c(F)c(-c2c(F)c(F)c(F)c(F)c2F)c(F)c1F. The van der Waals surface area contributed by atoms with Crippen molar-refractivity contribution in [1.82, 2.24) is 5.32 Å². The lowest BCUT2D eigenvalue weighted by Crippen LogP contribution is -2.49. The number of rotatable bonds is 3. The zero-order valence-electron chi connectivity index (χ0n) is 14.3. The third-order valence-electron chi connectivity index (χ3n) is 3.31. The smallest absolute Gasteiger partial charge is 0.234 e. The summed E-state index contributed by atoms with van der Waals surface area (Å²) in [6.07, 6.45) is -5.74. The molecule has 0 aliphatic carbocycles. The minimum Gasteiger partial charge on any atom is -0.234 e. The molecule has 180 valence electrons.